The van der Waals surface area contributed by atoms with E-state index in [0.717, 1.165) is 22.0 Å². The first kappa shape index (κ1) is 20.3. The summed E-state index contributed by atoms with van der Waals surface area (Å²) >= 11 is 0. The minimum Gasteiger partial charge on any atom is -0.340 e. The molecule has 0 saturated carbocycles. The zero-order valence-electron chi connectivity index (χ0n) is 17.2. The van der Waals surface area contributed by atoms with Crippen LogP contribution in [0.15, 0.2) is 91.1 Å². The Labute approximate surface area is 181 Å². The van der Waals surface area contributed by atoms with Crippen molar-refractivity contribution in [1.82, 2.24) is 10.3 Å². The molecule has 4 rings (SSSR count). The average molecular weight is 409 g/mol. The quantitative estimate of drug-likeness (QED) is 0.492. The first-order valence-corrected chi connectivity index (χ1v) is 10.2. The summed E-state index contributed by atoms with van der Waals surface area (Å²) in [5, 5.41) is 6.76. The molecule has 0 aliphatic carbocycles. The van der Waals surface area contributed by atoms with Crippen LogP contribution in [0.2, 0.25) is 0 Å². The second-order valence-corrected chi connectivity index (χ2v) is 7.40. The molecule has 4 aromatic rings. The first-order chi connectivity index (χ1) is 15.1. The molecule has 2 N–H and O–H groups in total. The fourth-order valence-corrected chi connectivity index (χ4v) is 3.55. The highest BCUT2D eigenvalue weighted by molar-refractivity contribution is 6.05. The van der Waals surface area contributed by atoms with E-state index in [-0.39, 0.29) is 11.8 Å². The van der Waals surface area contributed by atoms with E-state index in [1.807, 2.05) is 85.8 Å². The van der Waals surface area contributed by atoms with Gasteiger partial charge < -0.3 is 10.6 Å². The minimum absolute atomic E-state index is 0.270. The Balaban J connectivity index is 1.60. The fourth-order valence-electron chi connectivity index (χ4n) is 3.55. The molecule has 1 atom stereocenters. The van der Waals surface area contributed by atoms with Gasteiger partial charge in [0.1, 0.15) is 6.04 Å². The van der Waals surface area contributed by atoms with Crippen molar-refractivity contribution in [3.8, 4) is 0 Å². The van der Waals surface area contributed by atoms with Crippen molar-refractivity contribution in [3.63, 3.8) is 0 Å². The third kappa shape index (κ3) is 4.78. The molecule has 154 valence electrons. The number of aryl methyl sites for hydroxylation is 1. The van der Waals surface area contributed by atoms with Gasteiger partial charge in [0.05, 0.1) is 11.2 Å². The van der Waals surface area contributed by atoms with Crippen LogP contribution < -0.4 is 10.6 Å². The maximum atomic E-state index is 13.3. The first-order valence-electron chi connectivity index (χ1n) is 10.2. The number of anilines is 1. The van der Waals surface area contributed by atoms with Crippen LogP contribution in [0.25, 0.3) is 10.9 Å². The molecule has 0 spiro atoms. The van der Waals surface area contributed by atoms with E-state index in [0.29, 0.717) is 17.7 Å². The molecule has 0 aliphatic rings. The molecule has 2 amide bonds. The minimum atomic E-state index is -0.735. The molecule has 0 fully saturated rings. The van der Waals surface area contributed by atoms with Crippen molar-refractivity contribution in [2.24, 2.45) is 0 Å². The van der Waals surface area contributed by atoms with Crippen LogP contribution in [0.5, 0.6) is 0 Å². The summed E-state index contributed by atoms with van der Waals surface area (Å²) in [5.74, 6) is -0.545. The predicted molar refractivity (Wildman–Crippen MR) is 123 cm³/mol. The highest BCUT2D eigenvalue weighted by Crippen LogP contribution is 2.22. The lowest BCUT2D eigenvalue weighted by atomic mass is 10.0. The van der Waals surface area contributed by atoms with Gasteiger partial charge in [0, 0.05) is 23.6 Å². The summed E-state index contributed by atoms with van der Waals surface area (Å²) in [6.45, 7) is 1.88. The summed E-state index contributed by atoms with van der Waals surface area (Å²) in [4.78, 5) is 30.5. The number of aromatic nitrogens is 1. The Morgan fingerprint density at radius 2 is 1.65 bits per heavy atom. The molecular formula is C26H23N3O2. The van der Waals surface area contributed by atoms with Crippen molar-refractivity contribution < 1.29 is 9.59 Å². The van der Waals surface area contributed by atoms with Crippen LogP contribution in [0.4, 0.5) is 5.69 Å². The summed E-state index contributed by atoms with van der Waals surface area (Å²) in [5.41, 5.74) is 3.84. The van der Waals surface area contributed by atoms with E-state index in [1.54, 1.807) is 12.3 Å². The van der Waals surface area contributed by atoms with E-state index < -0.39 is 6.04 Å². The van der Waals surface area contributed by atoms with Gasteiger partial charge in [0.15, 0.2) is 0 Å². The molecule has 31 heavy (non-hydrogen) atoms. The molecule has 3 aromatic carbocycles. The second kappa shape index (κ2) is 9.22. The number of nitrogens with zero attached hydrogens (tertiary/aromatic N) is 1. The molecule has 0 saturated heterocycles. The third-order valence-corrected chi connectivity index (χ3v) is 5.20. The van der Waals surface area contributed by atoms with Crippen molar-refractivity contribution in [2.45, 2.75) is 19.4 Å². The van der Waals surface area contributed by atoms with Crippen LogP contribution in [0.3, 0.4) is 0 Å². The van der Waals surface area contributed by atoms with Crippen molar-refractivity contribution in [1.29, 1.82) is 0 Å². The van der Waals surface area contributed by atoms with Gasteiger partial charge in [0.25, 0.3) is 5.91 Å². The number of carbonyl (C=O) groups is 2. The Morgan fingerprint density at radius 3 is 2.45 bits per heavy atom. The largest absolute Gasteiger partial charge is 0.340 e. The smallest absolute Gasteiger partial charge is 0.252 e. The van der Waals surface area contributed by atoms with Gasteiger partial charge in [-0.15, -0.1) is 0 Å². The maximum Gasteiger partial charge on any atom is 0.252 e. The molecule has 0 bridgehead atoms. The predicted octanol–water partition coefficient (Wildman–Crippen LogP) is 4.52. The van der Waals surface area contributed by atoms with Crippen LogP contribution in [0.1, 0.15) is 21.5 Å². The summed E-state index contributed by atoms with van der Waals surface area (Å²) in [7, 11) is 0. The van der Waals surface area contributed by atoms with E-state index in [2.05, 4.69) is 15.6 Å². The van der Waals surface area contributed by atoms with Crippen LogP contribution >= 0.6 is 0 Å². The fraction of sp³-hybridized carbons (Fsp3) is 0.115. The number of fused-ring (bicyclic) bond motifs is 1. The lowest BCUT2D eigenvalue weighted by Crippen LogP contribution is -2.45. The number of carbonyl (C=O) groups excluding carboxylic acids is 2. The number of hydrogen-bond donors (Lipinski definition) is 2. The molecule has 5 heteroatoms. The van der Waals surface area contributed by atoms with Gasteiger partial charge >= 0.3 is 0 Å². The van der Waals surface area contributed by atoms with Gasteiger partial charge in [0.2, 0.25) is 5.91 Å². The van der Waals surface area contributed by atoms with Crippen LogP contribution in [-0.4, -0.2) is 22.8 Å². The van der Waals surface area contributed by atoms with Crippen LogP contribution in [0, 0.1) is 6.92 Å². The number of rotatable bonds is 6. The van der Waals surface area contributed by atoms with Gasteiger partial charge in [-0.3, -0.25) is 14.6 Å². The molecule has 1 unspecified atom stereocenters. The maximum absolute atomic E-state index is 13.3. The van der Waals surface area contributed by atoms with Crippen molar-refractivity contribution in [3.05, 3.63) is 108 Å². The molecular weight excluding hydrogens is 386 g/mol. The standard InChI is InChI=1S/C26H23N3O2/c1-18-9-5-6-12-20(18)25(30)29-24(17-19-10-3-2-4-11-19)26(31)28-23-15-7-14-22-21(23)13-8-16-27-22/h2-16,24H,17H2,1H3,(H,28,31)(H,29,30). The number of amides is 2. The number of benzene rings is 3. The van der Waals surface area contributed by atoms with E-state index in [4.69, 9.17) is 0 Å². The molecule has 0 radical (unpaired) electrons. The Kier molecular flexibility index (Phi) is 6.03. The van der Waals surface area contributed by atoms with Gasteiger partial charge in [-0.2, -0.15) is 0 Å². The zero-order chi connectivity index (χ0) is 21.6. The van der Waals surface area contributed by atoms with Crippen molar-refractivity contribution >= 4 is 28.4 Å². The Hall–Kier alpha value is -3.99. The zero-order valence-corrected chi connectivity index (χ0v) is 17.2. The summed E-state index contributed by atoms with van der Waals surface area (Å²) in [6, 6.07) is 25.6. The second-order valence-electron chi connectivity index (χ2n) is 7.40. The summed E-state index contributed by atoms with van der Waals surface area (Å²) < 4.78 is 0. The number of hydrogen-bond acceptors (Lipinski definition) is 3. The topological polar surface area (TPSA) is 71.1 Å². The lowest BCUT2D eigenvalue weighted by Gasteiger charge is -2.20. The van der Waals surface area contributed by atoms with Gasteiger partial charge in [-0.1, -0.05) is 54.6 Å². The molecule has 1 heterocycles. The molecule has 1 aromatic heterocycles. The monoisotopic (exact) mass is 409 g/mol. The Bertz CT molecular complexity index is 1220. The van der Waals surface area contributed by atoms with Gasteiger partial charge in [-0.25, -0.2) is 0 Å². The SMILES string of the molecule is Cc1ccccc1C(=O)NC(Cc1ccccc1)C(=O)Nc1cccc2ncccc12. The van der Waals surface area contributed by atoms with Gasteiger partial charge in [-0.05, 0) is 48.4 Å². The molecule has 0 aliphatic heterocycles. The van der Waals surface area contributed by atoms with E-state index in [1.165, 1.54) is 0 Å². The van der Waals surface area contributed by atoms with Crippen molar-refractivity contribution in [2.75, 3.05) is 5.32 Å². The van der Waals surface area contributed by atoms with Crippen LogP contribution in [-0.2, 0) is 11.2 Å². The normalized spacial score (nSPS) is 11.6. The third-order valence-electron chi connectivity index (χ3n) is 5.20. The number of nitrogens with one attached hydrogen (secondary N) is 2. The summed E-state index contributed by atoms with van der Waals surface area (Å²) in [6.07, 6.45) is 2.10. The van der Waals surface area contributed by atoms with E-state index in [9.17, 15) is 9.59 Å². The molecule has 5 nitrogen and oxygen atoms in total. The lowest BCUT2D eigenvalue weighted by molar-refractivity contribution is -0.118. The van der Waals surface area contributed by atoms with E-state index >= 15 is 0 Å². The highest BCUT2D eigenvalue weighted by Gasteiger charge is 2.23. The number of pyridine rings is 1. The average Bonchev–Trinajstić information content (AvgIpc) is 2.80. The highest BCUT2D eigenvalue weighted by atomic mass is 16.2. The Morgan fingerprint density at radius 1 is 0.871 bits per heavy atom.